The lowest BCUT2D eigenvalue weighted by atomic mass is 9.85. The van der Waals surface area contributed by atoms with Gasteiger partial charge in [0.05, 0.1) is 17.7 Å². The maximum Gasteiger partial charge on any atom is 0.300 e. The zero-order valence-electron chi connectivity index (χ0n) is 23.1. The van der Waals surface area contributed by atoms with Crippen molar-refractivity contribution >= 4 is 34.7 Å². The number of amides is 2. The molecule has 0 spiro atoms. The van der Waals surface area contributed by atoms with E-state index in [2.05, 4.69) is 26.1 Å². The highest BCUT2D eigenvalue weighted by molar-refractivity contribution is 6.51. The molecule has 1 aliphatic heterocycles. The second kappa shape index (κ2) is 10.8. The number of benzene rings is 3. The van der Waals surface area contributed by atoms with Gasteiger partial charge in [-0.2, -0.15) is 0 Å². The van der Waals surface area contributed by atoms with E-state index in [0.29, 0.717) is 28.3 Å². The number of nitrogens with one attached hydrogen (secondary N) is 1. The van der Waals surface area contributed by atoms with Gasteiger partial charge in [0.2, 0.25) is 5.91 Å². The third-order valence-electron chi connectivity index (χ3n) is 6.48. The van der Waals surface area contributed by atoms with E-state index in [1.807, 2.05) is 38.1 Å². The number of rotatable bonds is 6. The molecule has 1 saturated heterocycles. The number of Topliss-reactive ketones (excluding diaryl/α,β-unsaturated/α-hetero) is 1. The summed E-state index contributed by atoms with van der Waals surface area (Å²) in [6.07, 6.45) is -0.0147. The third-order valence-corrected chi connectivity index (χ3v) is 6.48. The molecule has 0 aliphatic carbocycles. The Bertz CT molecular complexity index is 1430. The molecule has 3 aromatic rings. The number of aliphatic hydroxyl groups excluding tert-OH is 1. The van der Waals surface area contributed by atoms with Crippen LogP contribution in [-0.4, -0.2) is 28.8 Å². The average Bonchev–Trinajstić information content (AvgIpc) is 3.13. The first-order valence-corrected chi connectivity index (χ1v) is 12.9. The normalized spacial score (nSPS) is 17.0. The van der Waals surface area contributed by atoms with Crippen LogP contribution in [-0.2, 0) is 19.8 Å². The molecule has 1 fully saturated rings. The van der Waals surface area contributed by atoms with Gasteiger partial charge in [-0.1, -0.05) is 51.1 Å². The van der Waals surface area contributed by atoms with Crippen molar-refractivity contribution in [2.45, 2.75) is 59.1 Å². The molecular formula is C32H34N2O5. The standard InChI is InChI=1S/C32H34N2O5/c1-19(2)39-26-16-12-22(13-17-26)29(36)27-28(21-10-14-23(15-11-21)32(4,5)6)34(31(38)30(27)37)25-9-7-8-24(18-25)33-20(3)35/h7-19,28,36H,1-6H3,(H,33,35)/b29-27+. The minimum Gasteiger partial charge on any atom is -0.507 e. The number of nitrogens with zero attached hydrogens (tertiary/aromatic N) is 1. The van der Waals surface area contributed by atoms with E-state index in [-0.39, 0.29) is 28.8 Å². The Kier molecular flexibility index (Phi) is 7.63. The van der Waals surface area contributed by atoms with Crippen LogP contribution in [0.5, 0.6) is 5.75 Å². The summed E-state index contributed by atoms with van der Waals surface area (Å²) >= 11 is 0. The van der Waals surface area contributed by atoms with Crippen LogP contribution in [0.25, 0.3) is 5.76 Å². The van der Waals surface area contributed by atoms with Crippen molar-refractivity contribution in [1.82, 2.24) is 0 Å². The molecule has 7 heteroatoms. The first kappa shape index (κ1) is 27.6. The Hall–Kier alpha value is -4.39. The number of carbonyl (C=O) groups excluding carboxylic acids is 3. The van der Waals surface area contributed by atoms with Gasteiger partial charge >= 0.3 is 0 Å². The van der Waals surface area contributed by atoms with E-state index in [9.17, 15) is 19.5 Å². The van der Waals surface area contributed by atoms with Crippen LogP contribution in [0.3, 0.4) is 0 Å². The topological polar surface area (TPSA) is 95.9 Å². The van der Waals surface area contributed by atoms with Crippen LogP contribution in [0.15, 0.2) is 78.4 Å². The Morgan fingerprint density at radius 2 is 1.62 bits per heavy atom. The van der Waals surface area contributed by atoms with Gasteiger partial charge in [0.1, 0.15) is 11.5 Å². The number of hydrogen-bond donors (Lipinski definition) is 2. The van der Waals surface area contributed by atoms with Crippen molar-refractivity contribution in [1.29, 1.82) is 0 Å². The summed E-state index contributed by atoms with van der Waals surface area (Å²) in [7, 11) is 0. The zero-order chi connectivity index (χ0) is 28.5. The maximum absolute atomic E-state index is 13.5. The molecule has 0 aromatic heterocycles. The first-order valence-electron chi connectivity index (χ1n) is 12.9. The number of hydrogen-bond acceptors (Lipinski definition) is 5. The highest BCUT2D eigenvalue weighted by Crippen LogP contribution is 2.43. The maximum atomic E-state index is 13.5. The minimum atomic E-state index is -0.877. The van der Waals surface area contributed by atoms with Gasteiger partial charge < -0.3 is 15.2 Å². The molecule has 0 saturated carbocycles. The average molecular weight is 527 g/mol. The predicted molar refractivity (Wildman–Crippen MR) is 153 cm³/mol. The van der Waals surface area contributed by atoms with Crippen molar-refractivity contribution < 1.29 is 24.2 Å². The molecule has 1 atom stereocenters. The van der Waals surface area contributed by atoms with E-state index in [0.717, 1.165) is 5.56 Å². The van der Waals surface area contributed by atoms with Gasteiger partial charge in [0, 0.05) is 23.9 Å². The highest BCUT2D eigenvalue weighted by atomic mass is 16.5. The summed E-state index contributed by atoms with van der Waals surface area (Å²) in [5.41, 5.74) is 2.98. The van der Waals surface area contributed by atoms with Crippen molar-refractivity contribution in [3.05, 3.63) is 95.1 Å². The van der Waals surface area contributed by atoms with Crippen LogP contribution in [0, 0.1) is 0 Å². The molecule has 1 heterocycles. The lowest BCUT2D eigenvalue weighted by molar-refractivity contribution is -0.132. The largest absolute Gasteiger partial charge is 0.507 e. The lowest BCUT2D eigenvalue weighted by Gasteiger charge is -2.27. The van der Waals surface area contributed by atoms with Gasteiger partial charge in [-0.15, -0.1) is 0 Å². The van der Waals surface area contributed by atoms with Gasteiger partial charge in [-0.25, -0.2) is 0 Å². The summed E-state index contributed by atoms with van der Waals surface area (Å²) in [5.74, 6) is -1.44. The second-order valence-electron chi connectivity index (χ2n) is 11.0. The number of ketones is 1. The third kappa shape index (κ3) is 5.87. The summed E-state index contributed by atoms with van der Waals surface area (Å²) in [6, 6.07) is 20.3. The van der Waals surface area contributed by atoms with E-state index >= 15 is 0 Å². The molecule has 1 aliphatic rings. The Labute approximate surface area is 229 Å². The second-order valence-corrected chi connectivity index (χ2v) is 11.0. The minimum absolute atomic E-state index is 0.00836. The first-order chi connectivity index (χ1) is 18.4. The van der Waals surface area contributed by atoms with Crippen LogP contribution >= 0.6 is 0 Å². The van der Waals surface area contributed by atoms with Gasteiger partial charge in [0.15, 0.2) is 0 Å². The molecular weight excluding hydrogens is 492 g/mol. The smallest absolute Gasteiger partial charge is 0.300 e. The molecule has 2 N–H and O–H groups in total. The zero-order valence-corrected chi connectivity index (χ0v) is 23.1. The SMILES string of the molecule is CC(=O)Nc1cccc(N2C(=O)C(=O)/C(=C(/O)c3ccc(OC(C)C)cc3)C2c2ccc(C(C)(C)C)cc2)c1. The molecule has 7 nitrogen and oxygen atoms in total. The monoisotopic (exact) mass is 526 g/mol. The highest BCUT2D eigenvalue weighted by Gasteiger charge is 2.47. The molecule has 4 rings (SSSR count). The van der Waals surface area contributed by atoms with Gasteiger partial charge in [0.25, 0.3) is 11.7 Å². The van der Waals surface area contributed by atoms with Gasteiger partial charge in [-0.3, -0.25) is 19.3 Å². The lowest BCUT2D eigenvalue weighted by Crippen LogP contribution is -2.29. The molecule has 2 amide bonds. The quantitative estimate of drug-likeness (QED) is 0.221. The Balaban J connectivity index is 1.87. The van der Waals surface area contributed by atoms with Crippen molar-refractivity contribution in [3.63, 3.8) is 0 Å². The molecule has 3 aromatic carbocycles. The number of carbonyl (C=O) groups is 3. The van der Waals surface area contributed by atoms with Crippen molar-refractivity contribution in [2.75, 3.05) is 10.2 Å². The van der Waals surface area contributed by atoms with E-state index in [1.54, 1.807) is 48.5 Å². The van der Waals surface area contributed by atoms with Crippen molar-refractivity contribution in [3.8, 4) is 5.75 Å². The fraction of sp³-hybridized carbons (Fsp3) is 0.281. The van der Waals surface area contributed by atoms with Crippen LogP contribution in [0.1, 0.15) is 64.3 Å². The molecule has 0 bridgehead atoms. The summed E-state index contributed by atoms with van der Waals surface area (Å²) < 4.78 is 5.70. The molecule has 39 heavy (non-hydrogen) atoms. The summed E-state index contributed by atoms with van der Waals surface area (Å²) in [6.45, 7) is 11.5. The van der Waals surface area contributed by atoms with Crippen LogP contribution in [0.2, 0.25) is 0 Å². The van der Waals surface area contributed by atoms with E-state index < -0.39 is 17.7 Å². The number of ether oxygens (including phenoxy) is 1. The molecule has 1 unspecified atom stereocenters. The number of anilines is 2. The molecule has 0 radical (unpaired) electrons. The van der Waals surface area contributed by atoms with Gasteiger partial charge in [-0.05, 0) is 72.9 Å². The van der Waals surface area contributed by atoms with Crippen molar-refractivity contribution in [2.24, 2.45) is 0 Å². The summed E-state index contributed by atoms with van der Waals surface area (Å²) in [4.78, 5) is 40.0. The Morgan fingerprint density at radius 3 is 2.18 bits per heavy atom. The number of aliphatic hydroxyl groups is 1. The van der Waals surface area contributed by atoms with Crippen LogP contribution in [0.4, 0.5) is 11.4 Å². The fourth-order valence-electron chi connectivity index (χ4n) is 4.64. The van der Waals surface area contributed by atoms with Crippen LogP contribution < -0.4 is 15.0 Å². The Morgan fingerprint density at radius 1 is 0.974 bits per heavy atom. The fourth-order valence-corrected chi connectivity index (χ4v) is 4.64. The molecule has 202 valence electrons. The predicted octanol–water partition coefficient (Wildman–Crippen LogP) is 6.36. The summed E-state index contributed by atoms with van der Waals surface area (Å²) in [5, 5.41) is 14.1. The van der Waals surface area contributed by atoms with E-state index in [4.69, 9.17) is 4.74 Å². The van der Waals surface area contributed by atoms with E-state index in [1.165, 1.54) is 11.8 Å².